The summed E-state index contributed by atoms with van der Waals surface area (Å²) in [5.74, 6) is 0. The lowest BCUT2D eigenvalue weighted by Crippen LogP contribution is -2.40. The third-order valence-electron chi connectivity index (χ3n) is 2.46. The second-order valence-electron chi connectivity index (χ2n) is 3.88. The van der Waals surface area contributed by atoms with Crippen molar-refractivity contribution < 1.29 is 4.79 Å². The Morgan fingerprint density at radius 3 is 2.65 bits per heavy atom. The molecule has 0 heterocycles. The first-order valence-corrected chi connectivity index (χ1v) is 6.04. The maximum atomic E-state index is 11.8. The van der Waals surface area contributed by atoms with Crippen LogP contribution in [0.2, 0.25) is 0 Å². The standard InChI is InChI=1S/C13H21N3O/c1-2-15-13(17)16(10-6-9-14)11-12-7-4-3-5-8-12/h3-5,7-8H,2,6,9-11,14H2,1H3,(H,15,17). The van der Waals surface area contributed by atoms with Gasteiger partial charge < -0.3 is 16.0 Å². The maximum Gasteiger partial charge on any atom is 0.317 e. The van der Waals surface area contributed by atoms with E-state index in [-0.39, 0.29) is 6.03 Å². The Morgan fingerprint density at radius 2 is 2.06 bits per heavy atom. The first-order chi connectivity index (χ1) is 8.27. The molecule has 17 heavy (non-hydrogen) atoms. The summed E-state index contributed by atoms with van der Waals surface area (Å²) in [6.07, 6.45) is 0.823. The Morgan fingerprint density at radius 1 is 1.35 bits per heavy atom. The molecule has 0 spiro atoms. The molecule has 0 aromatic heterocycles. The summed E-state index contributed by atoms with van der Waals surface area (Å²) in [6.45, 7) is 4.49. The van der Waals surface area contributed by atoms with Crippen LogP contribution < -0.4 is 11.1 Å². The van der Waals surface area contributed by atoms with Crippen LogP contribution in [0.1, 0.15) is 18.9 Å². The van der Waals surface area contributed by atoms with Gasteiger partial charge in [0.05, 0.1) is 0 Å². The monoisotopic (exact) mass is 235 g/mol. The lowest BCUT2D eigenvalue weighted by molar-refractivity contribution is 0.195. The molecule has 1 rings (SSSR count). The number of hydrogen-bond acceptors (Lipinski definition) is 2. The van der Waals surface area contributed by atoms with Crippen LogP contribution in [0.3, 0.4) is 0 Å². The number of hydrogen-bond donors (Lipinski definition) is 2. The van der Waals surface area contributed by atoms with Crippen molar-refractivity contribution in [1.82, 2.24) is 10.2 Å². The second-order valence-corrected chi connectivity index (χ2v) is 3.88. The number of benzene rings is 1. The highest BCUT2D eigenvalue weighted by atomic mass is 16.2. The van der Waals surface area contributed by atoms with E-state index in [0.29, 0.717) is 26.2 Å². The fourth-order valence-corrected chi connectivity index (χ4v) is 1.60. The van der Waals surface area contributed by atoms with Gasteiger partial charge in [0.1, 0.15) is 0 Å². The molecule has 2 amide bonds. The van der Waals surface area contributed by atoms with Gasteiger partial charge in [-0.2, -0.15) is 0 Å². The average Bonchev–Trinajstić information content (AvgIpc) is 2.36. The van der Waals surface area contributed by atoms with E-state index >= 15 is 0 Å². The van der Waals surface area contributed by atoms with E-state index in [2.05, 4.69) is 5.32 Å². The first kappa shape index (κ1) is 13.5. The van der Waals surface area contributed by atoms with Gasteiger partial charge in [0, 0.05) is 19.6 Å². The van der Waals surface area contributed by atoms with Crippen LogP contribution in [0.5, 0.6) is 0 Å². The van der Waals surface area contributed by atoms with Gasteiger partial charge in [0.15, 0.2) is 0 Å². The van der Waals surface area contributed by atoms with E-state index in [1.165, 1.54) is 0 Å². The summed E-state index contributed by atoms with van der Waals surface area (Å²) < 4.78 is 0. The van der Waals surface area contributed by atoms with Crippen LogP contribution in [-0.4, -0.2) is 30.6 Å². The van der Waals surface area contributed by atoms with Gasteiger partial charge >= 0.3 is 6.03 Å². The summed E-state index contributed by atoms with van der Waals surface area (Å²) in [5.41, 5.74) is 6.62. The molecule has 0 aliphatic rings. The predicted molar refractivity (Wildman–Crippen MR) is 69.6 cm³/mol. The van der Waals surface area contributed by atoms with Crippen LogP contribution in [-0.2, 0) is 6.54 Å². The summed E-state index contributed by atoms with van der Waals surface area (Å²) in [6, 6.07) is 9.95. The van der Waals surface area contributed by atoms with Crippen LogP contribution in [0.4, 0.5) is 4.79 Å². The summed E-state index contributed by atoms with van der Waals surface area (Å²) in [4.78, 5) is 13.6. The molecule has 0 saturated heterocycles. The lowest BCUT2D eigenvalue weighted by atomic mass is 10.2. The molecule has 0 atom stereocenters. The fourth-order valence-electron chi connectivity index (χ4n) is 1.60. The minimum absolute atomic E-state index is 0.0233. The van der Waals surface area contributed by atoms with Crippen molar-refractivity contribution in [2.45, 2.75) is 19.9 Å². The van der Waals surface area contributed by atoms with Crippen LogP contribution >= 0.6 is 0 Å². The molecule has 0 bridgehead atoms. The number of amides is 2. The second kappa shape index (κ2) is 7.68. The van der Waals surface area contributed by atoms with Crippen molar-refractivity contribution in [3.05, 3.63) is 35.9 Å². The SMILES string of the molecule is CCNC(=O)N(CCCN)Cc1ccccc1. The Bertz CT molecular complexity index is 327. The Labute approximate surface area is 103 Å². The number of urea groups is 1. The molecule has 94 valence electrons. The van der Waals surface area contributed by atoms with E-state index in [4.69, 9.17) is 5.73 Å². The molecular weight excluding hydrogens is 214 g/mol. The minimum Gasteiger partial charge on any atom is -0.338 e. The third-order valence-corrected chi connectivity index (χ3v) is 2.46. The highest BCUT2D eigenvalue weighted by Gasteiger charge is 2.11. The molecule has 0 aliphatic heterocycles. The highest BCUT2D eigenvalue weighted by molar-refractivity contribution is 5.74. The quantitative estimate of drug-likeness (QED) is 0.786. The van der Waals surface area contributed by atoms with Crippen LogP contribution in [0.15, 0.2) is 30.3 Å². The van der Waals surface area contributed by atoms with Crippen molar-refractivity contribution in [3.8, 4) is 0 Å². The largest absolute Gasteiger partial charge is 0.338 e. The maximum absolute atomic E-state index is 11.8. The predicted octanol–water partition coefficient (Wildman–Crippen LogP) is 1.57. The molecule has 4 nitrogen and oxygen atoms in total. The number of nitrogens with zero attached hydrogens (tertiary/aromatic N) is 1. The van der Waals surface area contributed by atoms with E-state index in [9.17, 15) is 4.79 Å². The number of nitrogens with one attached hydrogen (secondary N) is 1. The van der Waals surface area contributed by atoms with Gasteiger partial charge in [-0.15, -0.1) is 0 Å². The van der Waals surface area contributed by atoms with Crippen LogP contribution in [0.25, 0.3) is 0 Å². The normalized spacial score (nSPS) is 10.0. The lowest BCUT2D eigenvalue weighted by Gasteiger charge is -2.22. The number of nitrogens with two attached hydrogens (primary N) is 1. The molecule has 0 unspecified atom stereocenters. The summed E-state index contributed by atoms with van der Waals surface area (Å²) in [5, 5.41) is 2.82. The minimum atomic E-state index is -0.0233. The Balaban J connectivity index is 2.59. The van der Waals surface area contributed by atoms with E-state index in [1.54, 1.807) is 4.90 Å². The third kappa shape index (κ3) is 4.87. The van der Waals surface area contributed by atoms with Crippen molar-refractivity contribution in [2.24, 2.45) is 5.73 Å². The smallest absolute Gasteiger partial charge is 0.317 e. The topological polar surface area (TPSA) is 58.4 Å². The molecule has 1 aromatic rings. The van der Waals surface area contributed by atoms with Gasteiger partial charge in [0.25, 0.3) is 0 Å². The molecule has 0 aliphatic carbocycles. The van der Waals surface area contributed by atoms with Crippen molar-refractivity contribution >= 4 is 6.03 Å². The highest BCUT2D eigenvalue weighted by Crippen LogP contribution is 2.05. The Kier molecular flexibility index (Phi) is 6.10. The summed E-state index contributed by atoms with van der Waals surface area (Å²) in [7, 11) is 0. The molecule has 1 aromatic carbocycles. The van der Waals surface area contributed by atoms with Crippen LogP contribution in [0, 0.1) is 0 Å². The van der Waals surface area contributed by atoms with Crippen molar-refractivity contribution in [3.63, 3.8) is 0 Å². The average molecular weight is 235 g/mol. The van der Waals surface area contributed by atoms with E-state index in [0.717, 1.165) is 12.0 Å². The molecule has 3 N–H and O–H groups in total. The van der Waals surface area contributed by atoms with Gasteiger partial charge in [-0.3, -0.25) is 0 Å². The van der Waals surface area contributed by atoms with Crippen molar-refractivity contribution in [1.29, 1.82) is 0 Å². The van der Waals surface area contributed by atoms with E-state index < -0.39 is 0 Å². The Hall–Kier alpha value is -1.55. The van der Waals surface area contributed by atoms with Gasteiger partial charge in [-0.25, -0.2) is 4.79 Å². The van der Waals surface area contributed by atoms with E-state index in [1.807, 2.05) is 37.3 Å². The zero-order chi connectivity index (χ0) is 12.5. The van der Waals surface area contributed by atoms with Gasteiger partial charge in [-0.1, -0.05) is 30.3 Å². The molecular formula is C13H21N3O. The van der Waals surface area contributed by atoms with Crippen molar-refractivity contribution in [2.75, 3.05) is 19.6 Å². The zero-order valence-electron chi connectivity index (χ0n) is 10.4. The number of carbonyl (C=O) groups excluding carboxylic acids is 1. The molecule has 0 fully saturated rings. The summed E-state index contributed by atoms with van der Waals surface area (Å²) >= 11 is 0. The van der Waals surface area contributed by atoms with Gasteiger partial charge in [0.2, 0.25) is 0 Å². The molecule has 0 radical (unpaired) electrons. The molecule has 4 heteroatoms. The first-order valence-electron chi connectivity index (χ1n) is 6.04. The number of rotatable bonds is 6. The number of carbonyl (C=O) groups is 1. The zero-order valence-corrected chi connectivity index (χ0v) is 10.4. The van der Waals surface area contributed by atoms with Gasteiger partial charge in [-0.05, 0) is 25.5 Å². The molecule has 0 saturated carbocycles. The fraction of sp³-hybridized carbons (Fsp3) is 0.462.